The third kappa shape index (κ3) is 5.03. The summed E-state index contributed by atoms with van der Waals surface area (Å²) < 4.78 is 5.54. The number of hydrogen-bond donors (Lipinski definition) is 2. The molecule has 0 spiro atoms. The Hall–Kier alpha value is -2.81. The largest absolute Gasteiger partial charge is 0.381 e. The lowest BCUT2D eigenvalue weighted by molar-refractivity contribution is -0.140. The van der Waals surface area contributed by atoms with Crippen LogP contribution in [0.15, 0.2) is 47.8 Å². The van der Waals surface area contributed by atoms with Gasteiger partial charge < -0.3 is 20.3 Å². The highest BCUT2D eigenvalue weighted by atomic mass is 32.1. The fourth-order valence-electron chi connectivity index (χ4n) is 5.32. The van der Waals surface area contributed by atoms with Crippen LogP contribution >= 0.6 is 11.3 Å². The molecule has 3 heterocycles. The van der Waals surface area contributed by atoms with Crippen molar-refractivity contribution in [1.82, 2.24) is 20.5 Å². The third-order valence-corrected chi connectivity index (χ3v) is 8.48. The number of rotatable bonds is 7. The van der Waals surface area contributed by atoms with E-state index in [1.54, 1.807) is 18.4 Å². The number of carbonyl (C=O) groups is 2. The normalized spacial score (nSPS) is 20.4. The van der Waals surface area contributed by atoms with Gasteiger partial charge in [0, 0.05) is 30.7 Å². The van der Waals surface area contributed by atoms with Gasteiger partial charge in [-0.15, -0.1) is 11.3 Å². The predicted octanol–water partition coefficient (Wildman–Crippen LogP) is 4.15. The summed E-state index contributed by atoms with van der Waals surface area (Å²) in [5.41, 5.74) is 2.06. The van der Waals surface area contributed by atoms with Crippen molar-refractivity contribution in [2.24, 2.45) is 5.92 Å². The van der Waals surface area contributed by atoms with Crippen LogP contribution in [0.2, 0.25) is 0 Å². The lowest BCUT2D eigenvalue weighted by atomic mass is 9.90. The van der Waals surface area contributed by atoms with Crippen LogP contribution < -0.4 is 10.6 Å². The number of aromatic nitrogens is 1. The molecular formula is C28H34N4O3S. The van der Waals surface area contributed by atoms with E-state index < -0.39 is 6.04 Å². The third-order valence-electron chi connectivity index (χ3n) is 7.54. The molecule has 0 saturated carbocycles. The van der Waals surface area contributed by atoms with Crippen LogP contribution in [-0.4, -0.2) is 60.6 Å². The summed E-state index contributed by atoms with van der Waals surface area (Å²) in [5.74, 6) is -0.0726. The van der Waals surface area contributed by atoms with E-state index in [4.69, 9.17) is 9.72 Å². The molecule has 3 aromatic rings. The van der Waals surface area contributed by atoms with Crippen molar-refractivity contribution >= 4 is 33.9 Å². The minimum absolute atomic E-state index is 0.00274. The van der Waals surface area contributed by atoms with Gasteiger partial charge in [-0.3, -0.25) is 9.59 Å². The molecule has 36 heavy (non-hydrogen) atoms. The number of nitrogens with one attached hydrogen (secondary N) is 2. The van der Waals surface area contributed by atoms with Crippen molar-refractivity contribution in [3.05, 3.63) is 52.9 Å². The topological polar surface area (TPSA) is 83.6 Å². The summed E-state index contributed by atoms with van der Waals surface area (Å²) in [5, 5.41) is 11.5. The molecular weight excluding hydrogens is 472 g/mol. The molecule has 190 valence electrons. The van der Waals surface area contributed by atoms with E-state index in [0.29, 0.717) is 19.8 Å². The number of thiazole rings is 1. The second-order valence-corrected chi connectivity index (χ2v) is 10.6. The van der Waals surface area contributed by atoms with Crippen molar-refractivity contribution in [2.75, 3.05) is 26.8 Å². The Balaban J connectivity index is 1.40. The van der Waals surface area contributed by atoms with Gasteiger partial charge in [0.2, 0.25) is 11.8 Å². The number of fused-ring (bicyclic) bond motifs is 1. The molecule has 0 unspecified atom stereocenters. The van der Waals surface area contributed by atoms with E-state index in [0.717, 1.165) is 41.9 Å². The summed E-state index contributed by atoms with van der Waals surface area (Å²) in [7, 11) is 1.75. The van der Waals surface area contributed by atoms with Crippen LogP contribution in [0, 0.1) is 5.92 Å². The van der Waals surface area contributed by atoms with Gasteiger partial charge in [-0.25, -0.2) is 4.98 Å². The fraction of sp³-hybridized carbons (Fsp3) is 0.464. The van der Waals surface area contributed by atoms with Crippen LogP contribution in [0.3, 0.4) is 0 Å². The second-order valence-electron chi connectivity index (χ2n) is 9.73. The number of amides is 2. The maximum Gasteiger partial charge on any atom is 0.246 e. The number of hydrogen-bond acceptors (Lipinski definition) is 6. The molecule has 5 rings (SSSR count). The van der Waals surface area contributed by atoms with Crippen molar-refractivity contribution in [3.8, 4) is 11.3 Å². The zero-order valence-corrected chi connectivity index (χ0v) is 21.7. The van der Waals surface area contributed by atoms with Crippen molar-refractivity contribution in [3.63, 3.8) is 0 Å². The zero-order valence-electron chi connectivity index (χ0n) is 20.9. The summed E-state index contributed by atoms with van der Waals surface area (Å²) in [6.07, 6.45) is 3.35. The lowest BCUT2D eigenvalue weighted by Crippen LogP contribution is -2.56. The van der Waals surface area contributed by atoms with Crippen molar-refractivity contribution in [1.29, 1.82) is 0 Å². The van der Waals surface area contributed by atoms with Crippen LogP contribution in [0.4, 0.5) is 0 Å². The van der Waals surface area contributed by atoms with E-state index in [1.165, 1.54) is 10.8 Å². The van der Waals surface area contributed by atoms with Gasteiger partial charge in [-0.05, 0) is 56.3 Å². The maximum atomic E-state index is 14.0. The molecule has 2 aliphatic heterocycles. The predicted molar refractivity (Wildman–Crippen MR) is 143 cm³/mol. The Kier molecular flexibility index (Phi) is 7.65. The average molecular weight is 507 g/mol. The molecule has 0 aliphatic carbocycles. The van der Waals surface area contributed by atoms with Crippen molar-refractivity contribution in [2.45, 2.75) is 50.7 Å². The van der Waals surface area contributed by atoms with Crippen LogP contribution in [0.1, 0.15) is 43.7 Å². The first kappa shape index (κ1) is 24.9. The molecule has 2 aromatic carbocycles. The monoisotopic (exact) mass is 506 g/mol. The number of ether oxygens (including phenoxy) is 1. The highest BCUT2D eigenvalue weighted by molar-refractivity contribution is 7.10. The van der Waals surface area contributed by atoms with Gasteiger partial charge in [0.1, 0.15) is 11.0 Å². The molecule has 8 heteroatoms. The molecule has 0 radical (unpaired) electrons. The summed E-state index contributed by atoms with van der Waals surface area (Å²) in [6.45, 7) is 3.74. The summed E-state index contributed by atoms with van der Waals surface area (Å²) in [6, 6.07) is 13.7. The quantitative estimate of drug-likeness (QED) is 0.503. The van der Waals surface area contributed by atoms with E-state index in [2.05, 4.69) is 52.4 Å². The maximum absolute atomic E-state index is 14.0. The highest BCUT2D eigenvalue weighted by Gasteiger charge is 2.40. The molecule has 2 fully saturated rings. The Labute approximate surface area is 216 Å². The fourth-order valence-corrected chi connectivity index (χ4v) is 6.28. The van der Waals surface area contributed by atoms with Gasteiger partial charge >= 0.3 is 0 Å². The molecule has 0 bridgehead atoms. The Morgan fingerprint density at radius 1 is 1.11 bits per heavy atom. The molecule has 2 saturated heterocycles. The van der Waals surface area contributed by atoms with Crippen LogP contribution in [0.5, 0.6) is 0 Å². The number of likely N-dealkylation sites (N-methyl/N-ethyl adjacent to an activating group) is 1. The number of nitrogens with zero attached hydrogens (tertiary/aromatic N) is 2. The van der Waals surface area contributed by atoms with Gasteiger partial charge in [0.25, 0.3) is 0 Å². The van der Waals surface area contributed by atoms with Crippen molar-refractivity contribution < 1.29 is 14.3 Å². The van der Waals surface area contributed by atoms with Crippen LogP contribution in [-0.2, 0) is 14.3 Å². The molecule has 2 aliphatic rings. The molecule has 2 N–H and O–H groups in total. The van der Waals surface area contributed by atoms with Gasteiger partial charge in [-0.1, -0.05) is 42.5 Å². The molecule has 3 atom stereocenters. The lowest BCUT2D eigenvalue weighted by Gasteiger charge is -2.35. The molecule has 7 nitrogen and oxygen atoms in total. The van der Waals surface area contributed by atoms with E-state index in [9.17, 15) is 9.59 Å². The minimum atomic E-state index is -0.546. The number of carbonyl (C=O) groups excluding carboxylic acids is 2. The van der Waals surface area contributed by atoms with Crippen LogP contribution in [0.25, 0.3) is 22.0 Å². The summed E-state index contributed by atoms with van der Waals surface area (Å²) in [4.78, 5) is 33.7. The van der Waals surface area contributed by atoms with Gasteiger partial charge in [0.05, 0.1) is 17.8 Å². The van der Waals surface area contributed by atoms with E-state index in [-0.39, 0.29) is 29.8 Å². The summed E-state index contributed by atoms with van der Waals surface area (Å²) >= 11 is 1.62. The SMILES string of the molecule is CN[C@@H](C)C(=O)N[C@@H](C(=O)N1CCC[C@H]1c1nc(-c2cccc3ccccc23)cs1)C1CCOCC1. The van der Waals surface area contributed by atoms with Gasteiger partial charge in [0.15, 0.2) is 0 Å². The zero-order chi connectivity index (χ0) is 25.1. The Morgan fingerprint density at radius 2 is 1.89 bits per heavy atom. The molecule has 1 aromatic heterocycles. The first-order valence-electron chi connectivity index (χ1n) is 12.9. The van der Waals surface area contributed by atoms with E-state index >= 15 is 0 Å². The highest BCUT2D eigenvalue weighted by Crippen LogP contribution is 2.38. The second kappa shape index (κ2) is 11.1. The Morgan fingerprint density at radius 3 is 2.69 bits per heavy atom. The standard InChI is InChI=1S/C28H34N4O3S/c1-18(29-2)26(33)31-25(20-12-15-35-16-13-20)28(34)32-14-6-11-24(32)27-30-23(17-36-27)22-10-5-8-19-7-3-4-9-21(19)22/h3-5,7-10,17-18,20,24-25,29H,6,11-16H2,1-2H3,(H,31,33)/t18-,24-,25+/m0/s1. The van der Waals surface area contributed by atoms with Gasteiger partial charge in [-0.2, -0.15) is 0 Å². The number of benzene rings is 2. The smallest absolute Gasteiger partial charge is 0.246 e. The first-order valence-corrected chi connectivity index (χ1v) is 13.7. The molecule has 2 amide bonds. The van der Waals surface area contributed by atoms with E-state index in [1.807, 2.05) is 17.9 Å². The number of likely N-dealkylation sites (tertiary alicyclic amines) is 1. The Bertz CT molecular complexity index is 1220. The first-order chi connectivity index (χ1) is 17.6. The average Bonchev–Trinajstić information content (AvgIpc) is 3.61. The minimum Gasteiger partial charge on any atom is -0.381 e.